The van der Waals surface area contributed by atoms with E-state index in [2.05, 4.69) is 16.3 Å². The molecular weight excluding hydrogens is 251 g/mol. The lowest BCUT2D eigenvalue weighted by Gasteiger charge is -2.35. The maximum Gasteiger partial charge on any atom is 0.0912 e. The number of nitrogens with one attached hydrogen (secondary N) is 1. The van der Waals surface area contributed by atoms with Crippen LogP contribution in [0, 0.1) is 6.92 Å². The molecule has 1 aliphatic heterocycles. The van der Waals surface area contributed by atoms with Gasteiger partial charge < -0.3 is 5.32 Å². The van der Waals surface area contributed by atoms with Gasteiger partial charge in [0, 0.05) is 37.2 Å². The monoisotopic (exact) mass is 270 g/mol. The molecule has 1 aliphatic rings. The number of benzene rings is 1. The second-order valence-electron chi connectivity index (χ2n) is 4.79. The summed E-state index contributed by atoms with van der Waals surface area (Å²) >= 11 is 6.17. The fraction of sp³-hybridized carbons (Fsp3) is 0.571. The maximum absolute atomic E-state index is 12.8. The first-order valence-electron chi connectivity index (χ1n) is 6.49. The van der Waals surface area contributed by atoms with E-state index in [0.29, 0.717) is 6.42 Å². The summed E-state index contributed by atoms with van der Waals surface area (Å²) < 4.78 is 12.8. The fourth-order valence-electron chi connectivity index (χ4n) is 2.47. The van der Waals surface area contributed by atoms with Gasteiger partial charge in [0.05, 0.1) is 6.67 Å². The van der Waals surface area contributed by atoms with Crippen LogP contribution in [0.15, 0.2) is 18.2 Å². The lowest BCUT2D eigenvalue weighted by molar-refractivity contribution is 0.157. The van der Waals surface area contributed by atoms with Crippen LogP contribution in [0.3, 0.4) is 0 Å². The Hall–Kier alpha value is -0.640. The Labute approximate surface area is 113 Å². The van der Waals surface area contributed by atoms with Crippen LogP contribution in [0.25, 0.3) is 0 Å². The Balaban J connectivity index is 2.19. The minimum Gasteiger partial charge on any atom is -0.314 e. The molecule has 0 aromatic heterocycles. The van der Waals surface area contributed by atoms with Crippen molar-refractivity contribution in [3.8, 4) is 0 Å². The standard InChI is InChI=1S/C14H20ClFN2/c1-11-2-3-12(10-13(11)15)14(4-5-16)18-8-6-17-7-9-18/h2-3,10,14,17H,4-9H2,1H3/t14-/m1/s1. The molecule has 1 atom stereocenters. The smallest absolute Gasteiger partial charge is 0.0912 e. The predicted molar refractivity (Wildman–Crippen MR) is 74.0 cm³/mol. The molecule has 1 saturated heterocycles. The third-order valence-electron chi connectivity index (χ3n) is 3.56. The first-order chi connectivity index (χ1) is 8.72. The third-order valence-corrected chi connectivity index (χ3v) is 3.96. The molecule has 0 saturated carbocycles. The molecule has 0 amide bonds. The van der Waals surface area contributed by atoms with Gasteiger partial charge in [-0.15, -0.1) is 0 Å². The van der Waals surface area contributed by atoms with Crippen molar-refractivity contribution in [1.29, 1.82) is 0 Å². The minimum absolute atomic E-state index is 0.148. The zero-order valence-corrected chi connectivity index (χ0v) is 11.5. The molecule has 1 aromatic rings. The van der Waals surface area contributed by atoms with E-state index in [1.807, 2.05) is 19.1 Å². The molecule has 0 bridgehead atoms. The van der Waals surface area contributed by atoms with E-state index in [-0.39, 0.29) is 12.7 Å². The molecule has 1 fully saturated rings. The number of rotatable bonds is 4. The summed E-state index contributed by atoms with van der Waals surface area (Å²) in [5, 5.41) is 4.09. The van der Waals surface area contributed by atoms with E-state index in [0.717, 1.165) is 42.3 Å². The number of alkyl halides is 1. The van der Waals surface area contributed by atoms with Gasteiger partial charge in [0.2, 0.25) is 0 Å². The van der Waals surface area contributed by atoms with Crippen molar-refractivity contribution in [3.63, 3.8) is 0 Å². The van der Waals surface area contributed by atoms with Gasteiger partial charge in [-0.3, -0.25) is 9.29 Å². The molecule has 4 heteroatoms. The molecule has 1 aromatic carbocycles. The Bertz CT molecular complexity index is 391. The van der Waals surface area contributed by atoms with Crippen LogP contribution in [-0.2, 0) is 0 Å². The number of aryl methyl sites for hydroxylation is 1. The molecule has 2 rings (SSSR count). The molecule has 1 N–H and O–H groups in total. The summed E-state index contributed by atoms with van der Waals surface area (Å²) in [6, 6.07) is 6.23. The Morgan fingerprint density at radius 1 is 1.39 bits per heavy atom. The van der Waals surface area contributed by atoms with E-state index < -0.39 is 0 Å². The van der Waals surface area contributed by atoms with Gasteiger partial charge in [-0.1, -0.05) is 23.7 Å². The predicted octanol–water partition coefficient (Wildman–Crippen LogP) is 2.95. The van der Waals surface area contributed by atoms with Gasteiger partial charge in [-0.05, 0) is 30.5 Å². The van der Waals surface area contributed by atoms with Crippen molar-refractivity contribution in [3.05, 3.63) is 34.3 Å². The van der Waals surface area contributed by atoms with Crippen molar-refractivity contribution in [1.82, 2.24) is 10.2 Å². The zero-order chi connectivity index (χ0) is 13.0. The zero-order valence-electron chi connectivity index (χ0n) is 10.8. The van der Waals surface area contributed by atoms with Crippen molar-refractivity contribution >= 4 is 11.6 Å². The quantitative estimate of drug-likeness (QED) is 0.905. The van der Waals surface area contributed by atoms with Gasteiger partial charge in [-0.2, -0.15) is 0 Å². The number of halogens is 2. The highest BCUT2D eigenvalue weighted by molar-refractivity contribution is 6.31. The van der Waals surface area contributed by atoms with E-state index >= 15 is 0 Å². The molecule has 0 unspecified atom stereocenters. The highest BCUT2D eigenvalue weighted by Gasteiger charge is 2.22. The minimum atomic E-state index is -0.292. The first kappa shape index (κ1) is 13.8. The number of hydrogen-bond acceptors (Lipinski definition) is 2. The SMILES string of the molecule is Cc1ccc([C@@H](CCF)N2CCNCC2)cc1Cl. The van der Waals surface area contributed by atoms with Crippen LogP contribution < -0.4 is 5.32 Å². The summed E-state index contributed by atoms with van der Waals surface area (Å²) in [4.78, 5) is 2.34. The Morgan fingerprint density at radius 3 is 2.72 bits per heavy atom. The lowest BCUT2D eigenvalue weighted by atomic mass is 10.0. The number of hydrogen-bond donors (Lipinski definition) is 1. The molecule has 1 heterocycles. The highest BCUT2D eigenvalue weighted by Crippen LogP contribution is 2.28. The maximum atomic E-state index is 12.8. The van der Waals surface area contributed by atoms with Crippen molar-refractivity contribution in [2.45, 2.75) is 19.4 Å². The normalized spacial score (nSPS) is 18.8. The molecule has 0 radical (unpaired) electrons. The summed E-state index contributed by atoms with van der Waals surface area (Å²) in [6.45, 7) is 5.58. The van der Waals surface area contributed by atoms with Gasteiger partial charge in [0.15, 0.2) is 0 Å². The Kier molecular flexibility index (Phi) is 4.98. The second kappa shape index (κ2) is 6.50. The van der Waals surface area contributed by atoms with Crippen molar-refractivity contribution < 1.29 is 4.39 Å². The molecule has 18 heavy (non-hydrogen) atoms. The summed E-state index contributed by atoms with van der Waals surface area (Å²) in [5.41, 5.74) is 2.20. The summed E-state index contributed by atoms with van der Waals surface area (Å²) in [7, 11) is 0. The van der Waals surface area contributed by atoms with Crippen molar-refractivity contribution in [2.75, 3.05) is 32.9 Å². The van der Waals surface area contributed by atoms with Crippen LogP contribution >= 0.6 is 11.6 Å². The average molecular weight is 271 g/mol. The van der Waals surface area contributed by atoms with Gasteiger partial charge in [-0.25, -0.2) is 0 Å². The van der Waals surface area contributed by atoms with Crippen LogP contribution in [0.1, 0.15) is 23.6 Å². The highest BCUT2D eigenvalue weighted by atomic mass is 35.5. The van der Waals surface area contributed by atoms with Crippen LogP contribution in [-0.4, -0.2) is 37.8 Å². The molecule has 0 spiro atoms. The Morgan fingerprint density at radius 2 is 2.11 bits per heavy atom. The van der Waals surface area contributed by atoms with Crippen molar-refractivity contribution in [2.24, 2.45) is 0 Å². The average Bonchev–Trinajstić information content (AvgIpc) is 2.40. The van der Waals surface area contributed by atoms with E-state index in [1.165, 1.54) is 0 Å². The van der Waals surface area contributed by atoms with Crippen LogP contribution in [0.5, 0.6) is 0 Å². The number of piperazine rings is 1. The largest absolute Gasteiger partial charge is 0.314 e. The van der Waals surface area contributed by atoms with Gasteiger partial charge in [0.25, 0.3) is 0 Å². The first-order valence-corrected chi connectivity index (χ1v) is 6.87. The molecule has 2 nitrogen and oxygen atoms in total. The fourth-order valence-corrected chi connectivity index (χ4v) is 2.66. The molecule has 0 aliphatic carbocycles. The third kappa shape index (κ3) is 3.22. The van der Waals surface area contributed by atoms with Crippen LogP contribution in [0.2, 0.25) is 5.02 Å². The topological polar surface area (TPSA) is 15.3 Å². The number of nitrogens with zero attached hydrogens (tertiary/aromatic N) is 1. The second-order valence-corrected chi connectivity index (χ2v) is 5.20. The van der Waals surface area contributed by atoms with Gasteiger partial charge in [0.1, 0.15) is 0 Å². The van der Waals surface area contributed by atoms with E-state index in [9.17, 15) is 4.39 Å². The summed E-state index contributed by atoms with van der Waals surface area (Å²) in [6.07, 6.45) is 0.541. The van der Waals surface area contributed by atoms with Gasteiger partial charge >= 0.3 is 0 Å². The van der Waals surface area contributed by atoms with Crippen LogP contribution in [0.4, 0.5) is 4.39 Å². The lowest BCUT2D eigenvalue weighted by Crippen LogP contribution is -2.45. The van der Waals surface area contributed by atoms with E-state index in [1.54, 1.807) is 0 Å². The summed E-state index contributed by atoms with van der Waals surface area (Å²) in [5.74, 6) is 0. The van der Waals surface area contributed by atoms with E-state index in [4.69, 9.17) is 11.6 Å². The molecular formula is C14H20ClFN2. The molecule has 100 valence electrons.